The summed E-state index contributed by atoms with van der Waals surface area (Å²) in [6.07, 6.45) is 3.46. The quantitative estimate of drug-likeness (QED) is 0.691. The molecule has 0 bridgehead atoms. The first-order valence-corrected chi connectivity index (χ1v) is 5.27. The molecule has 3 heteroatoms. The highest BCUT2D eigenvalue weighted by molar-refractivity contribution is 4.76. The maximum absolute atomic E-state index is 5.97. The molecule has 0 saturated carbocycles. The molecule has 1 aliphatic rings. The van der Waals surface area contributed by atoms with E-state index in [1.54, 1.807) is 0 Å². The molecular weight excluding hydrogens is 164 g/mol. The van der Waals surface area contributed by atoms with Crippen LogP contribution in [0.4, 0.5) is 0 Å². The van der Waals surface area contributed by atoms with Crippen molar-refractivity contribution in [1.29, 1.82) is 0 Å². The van der Waals surface area contributed by atoms with Crippen molar-refractivity contribution in [2.75, 3.05) is 26.8 Å². The van der Waals surface area contributed by atoms with Gasteiger partial charge in [-0.25, -0.2) is 0 Å². The molecule has 1 fully saturated rings. The van der Waals surface area contributed by atoms with E-state index in [0.29, 0.717) is 12.1 Å². The first kappa shape index (κ1) is 11.0. The Balaban J connectivity index is 2.18. The van der Waals surface area contributed by atoms with Gasteiger partial charge in [-0.05, 0) is 19.9 Å². The van der Waals surface area contributed by atoms with Crippen molar-refractivity contribution in [3.63, 3.8) is 0 Å². The van der Waals surface area contributed by atoms with Gasteiger partial charge in [-0.3, -0.25) is 4.90 Å². The molecule has 1 rings (SSSR count). The van der Waals surface area contributed by atoms with Crippen LogP contribution >= 0.6 is 0 Å². The monoisotopic (exact) mass is 186 g/mol. The van der Waals surface area contributed by atoms with Crippen LogP contribution in [0.1, 0.15) is 26.2 Å². The Kier molecular flexibility index (Phi) is 4.70. The summed E-state index contributed by atoms with van der Waals surface area (Å²) in [6.45, 7) is 4.98. The minimum atomic E-state index is 0.329. The molecule has 3 nitrogen and oxygen atoms in total. The number of rotatable bonds is 5. The van der Waals surface area contributed by atoms with E-state index in [0.717, 1.165) is 32.6 Å². The zero-order chi connectivity index (χ0) is 9.68. The summed E-state index contributed by atoms with van der Waals surface area (Å²) in [5, 5.41) is 0. The lowest BCUT2D eigenvalue weighted by molar-refractivity contribution is 0.155. The molecule has 2 atom stereocenters. The summed E-state index contributed by atoms with van der Waals surface area (Å²) >= 11 is 0. The minimum Gasteiger partial charge on any atom is -0.380 e. The fourth-order valence-electron chi connectivity index (χ4n) is 1.85. The van der Waals surface area contributed by atoms with Crippen LogP contribution in [-0.2, 0) is 4.74 Å². The Morgan fingerprint density at radius 2 is 2.38 bits per heavy atom. The predicted octanol–water partition coefficient (Wildman–Crippen LogP) is 0.834. The lowest BCUT2D eigenvalue weighted by Crippen LogP contribution is -2.41. The zero-order valence-electron chi connectivity index (χ0n) is 8.83. The highest BCUT2D eigenvalue weighted by Crippen LogP contribution is 2.11. The average molecular weight is 186 g/mol. The molecule has 0 aromatic heterocycles. The van der Waals surface area contributed by atoms with Gasteiger partial charge in [-0.1, -0.05) is 13.3 Å². The molecule has 2 N–H and O–H groups in total. The van der Waals surface area contributed by atoms with Crippen LogP contribution in [0.15, 0.2) is 0 Å². The Hall–Kier alpha value is -0.120. The van der Waals surface area contributed by atoms with Crippen LogP contribution in [0, 0.1) is 0 Å². The Labute approximate surface area is 81.2 Å². The summed E-state index contributed by atoms with van der Waals surface area (Å²) in [5.41, 5.74) is 5.97. The van der Waals surface area contributed by atoms with E-state index < -0.39 is 0 Å². The second-order valence-electron chi connectivity index (χ2n) is 4.01. The molecule has 78 valence electrons. The largest absolute Gasteiger partial charge is 0.380 e. The molecule has 0 aromatic rings. The zero-order valence-corrected chi connectivity index (χ0v) is 8.83. The highest BCUT2D eigenvalue weighted by atomic mass is 16.5. The lowest BCUT2D eigenvalue weighted by Gasteiger charge is -2.25. The molecule has 1 saturated heterocycles. The van der Waals surface area contributed by atoms with Crippen molar-refractivity contribution in [1.82, 2.24) is 4.90 Å². The Bertz CT molecular complexity index is 135. The molecule has 2 unspecified atom stereocenters. The van der Waals surface area contributed by atoms with E-state index in [-0.39, 0.29) is 0 Å². The summed E-state index contributed by atoms with van der Waals surface area (Å²) in [7, 11) is 2.15. The van der Waals surface area contributed by atoms with Crippen LogP contribution in [-0.4, -0.2) is 43.8 Å². The van der Waals surface area contributed by atoms with Crippen molar-refractivity contribution in [3.05, 3.63) is 0 Å². The van der Waals surface area contributed by atoms with Gasteiger partial charge in [0, 0.05) is 25.2 Å². The normalized spacial score (nSPS) is 25.4. The molecule has 0 aliphatic carbocycles. The predicted molar refractivity (Wildman–Crippen MR) is 54.7 cm³/mol. The SMILES string of the molecule is CCCC(N)CN(C)C1CCOC1. The lowest BCUT2D eigenvalue weighted by atomic mass is 10.1. The van der Waals surface area contributed by atoms with Gasteiger partial charge in [0.05, 0.1) is 6.61 Å². The number of nitrogens with two attached hydrogens (primary N) is 1. The maximum atomic E-state index is 5.97. The molecule has 0 radical (unpaired) electrons. The minimum absolute atomic E-state index is 0.329. The van der Waals surface area contributed by atoms with Gasteiger partial charge in [0.1, 0.15) is 0 Å². The van der Waals surface area contributed by atoms with Crippen LogP contribution in [0.3, 0.4) is 0 Å². The molecule has 0 aromatic carbocycles. The summed E-state index contributed by atoms with van der Waals surface area (Å²) in [6, 6.07) is 0.929. The summed E-state index contributed by atoms with van der Waals surface area (Å²) in [5.74, 6) is 0. The molecule has 0 amide bonds. The van der Waals surface area contributed by atoms with Crippen molar-refractivity contribution in [2.24, 2.45) is 5.73 Å². The van der Waals surface area contributed by atoms with Crippen molar-refractivity contribution in [3.8, 4) is 0 Å². The van der Waals surface area contributed by atoms with E-state index in [2.05, 4.69) is 18.9 Å². The standard InChI is InChI=1S/C10H22N2O/c1-3-4-9(11)7-12(2)10-5-6-13-8-10/h9-10H,3-8,11H2,1-2H3. The summed E-state index contributed by atoms with van der Waals surface area (Å²) < 4.78 is 5.34. The second kappa shape index (κ2) is 5.58. The fraction of sp³-hybridized carbons (Fsp3) is 1.00. The van der Waals surface area contributed by atoms with Crippen molar-refractivity contribution < 1.29 is 4.74 Å². The smallest absolute Gasteiger partial charge is 0.0622 e. The first-order chi connectivity index (χ1) is 6.24. The van der Waals surface area contributed by atoms with Gasteiger partial charge >= 0.3 is 0 Å². The fourth-order valence-corrected chi connectivity index (χ4v) is 1.85. The number of hydrogen-bond acceptors (Lipinski definition) is 3. The second-order valence-corrected chi connectivity index (χ2v) is 4.01. The van der Waals surface area contributed by atoms with E-state index in [4.69, 9.17) is 10.5 Å². The van der Waals surface area contributed by atoms with Crippen LogP contribution in [0.25, 0.3) is 0 Å². The molecule has 1 aliphatic heterocycles. The van der Waals surface area contributed by atoms with Gasteiger partial charge in [-0.15, -0.1) is 0 Å². The number of ether oxygens (including phenoxy) is 1. The van der Waals surface area contributed by atoms with Crippen molar-refractivity contribution >= 4 is 0 Å². The third kappa shape index (κ3) is 3.63. The topological polar surface area (TPSA) is 38.5 Å². The van der Waals surface area contributed by atoms with E-state index in [9.17, 15) is 0 Å². The van der Waals surface area contributed by atoms with Crippen LogP contribution in [0.2, 0.25) is 0 Å². The number of nitrogens with zero attached hydrogens (tertiary/aromatic N) is 1. The maximum Gasteiger partial charge on any atom is 0.0622 e. The van der Waals surface area contributed by atoms with Gasteiger partial charge in [0.15, 0.2) is 0 Å². The average Bonchev–Trinajstić information content (AvgIpc) is 2.55. The Morgan fingerprint density at radius 1 is 1.62 bits per heavy atom. The van der Waals surface area contributed by atoms with E-state index >= 15 is 0 Å². The first-order valence-electron chi connectivity index (χ1n) is 5.27. The molecule has 1 heterocycles. The van der Waals surface area contributed by atoms with Gasteiger partial charge in [0.25, 0.3) is 0 Å². The van der Waals surface area contributed by atoms with Gasteiger partial charge in [0.2, 0.25) is 0 Å². The van der Waals surface area contributed by atoms with E-state index in [1.165, 1.54) is 6.42 Å². The third-order valence-corrected chi connectivity index (χ3v) is 2.71. The number of likely N-dealkylation sites (N-methyl/N-ethyl adjacent to an activating group) is 1. The highest BCUT2D eigenvalue weighted by Gasteiger charge is 2.21. The van der Waals surface area contributed by atoms with Gasteiger partial charge in [-0.2, -0.15) is 0 Å². The van der Waals surface area contributed by atoms with E-state index in [1.807, 2.05) is 0 Å². The van der Waals surface area contributed by atoms with Crippen LogP contribution in [0.5, 0.6) is 0 Å². The molecule has 13 heavy (non-hydrogen) atoms. The number of hydrogen-bond donors (Lipinski definition) is 1. The van der Waals surface area contributed by atoms with Crippen molar-refractivity contribution in [2.45, 2.75) is 38.3 Å². The third-order valence-electron chi connectivity index (χ3n) is 2.71. The Morgan fingerprint density at radius 3 is 2.92 bits per heavy atom. The molecule has 0 spiro atoms. The van der Waals surface area contributed by atoms with Gasteiger partial charge < -0.3 is 10.5 Å². The van der Waals surface area contributed by atoms with Crippen LogP contribution < -0.4 is 5.73 Å². The molecular formula is C10H22N2O. The summed E-state index contributed by atoms with van der Waals surface area (Å²) in [4.78, 5) is 2.34.